The molecule has 0 fully saturated rings. The quantitative estimate of drug-likeness (QED) is 0.121. The predicted molar refractivity (Wildman–Crippen MR) is 146 cm³/mol. The Balaban J connectivity index is 2.28. The van der Waals surface area contributed by atoms with Crippen LogP contribution in [0.4, 0.5) is 0 Å². The Labute approximate surface area is 233 Å². The first kappa shape index (κ1) is 32.1. The number of carbonyl (C=O) groups is 6. The van der Waals surface area contributed by atoms with Crippen LogP contribution in [-0.4, -0.2) is 92.1 Å². The van der Waals surface area contributed by atoms with E-state index in [4.69, 9.17) is 10.8 Å². The van der Waals surface area contributed by atoms with Crippen LogP contribution in [0.2, 0.25) is 0 Å². The molecule has 40 heavy (non-hydrogen) atoms. The van der Waals surface area contributed by atoms with Crippen molar-refractivity contribution in [3.8, 4) is 0 Å². The van der Waals surface area contributed by atoms with E-state index >= 15 is 0 Å². The molecule has 1 aromatic heterocycles. The molecule has 4 atom stereocenters. The summed E-state index contributed by atoms with van der Waals surface area (Å²) in [5.74, 6) is -6.33. The van der Waals surface area contributed by atoms with Crippen molar-refractivity contribution in [2.45, 2.75) is 56.3 Å². The maximum absolute atomic E-state index is 13.4. The van der Waals surface area contributed by atoms with Gasteiger partial charge in [0.15, 0.2) is 0 Å². The van der Waals surface area contributed by atoms with Gasteiger partial charge in [-0.25, -0.2) is 4.79 Å². The fraction of sp³-hybridized carbons (Fsp3) is 0.440. The highest BCUT2D eigenvalue weighted by molar-refractivity contribution is 7.98. The number of nitrogens with one attached hydrogen (secondary N) is 4. The standard InChI is InChI=1S/C25H33N5O9S/c1-40-9-8-15(26)22(35)29-18(10-13-12-27-16-5-3-2-4-14(13)16)23(36)30-19(11-21(33)34)24(37)28-17(25(38)39)6-7-20(31)32/h2-5,12,15,17-19,27H,6-11,26H2,1H3,(H,28,37)(H,29,35)(H,30,36)(H,31,32)(H,33,34)(H,38,39). The number of para-hydroxylation sites is 1. The Bertz CT molecular complexity index is 1230. The molecule has 0 spiro atoms. The Morgan fingerprint density at radius 2 is 1.50 bits per heavy atom. The molecule has 0 aliphatic rings. The minimum atomic E-state index is -1.72. The minimum Gasteiger partial charge on any atom is -0.481 e. The Kier molecular flexibility index (Phi) is 12.4. The molecule has 0 aliphatic heterocycles. The number of hydrogen-bond donors (Lipinski definition) is 8. The number of rotatable bonds is 17. The summed E-state index contributed by atoms with van der Waals surface area (Å²) < 4.78 is 0. The first-order valence-electron chi connectivity index (χ1n) is 12.3. The monoisotopic (exact) mass is 579 g/mol. The molecule has 218 valence electrons. The second kappa shape index (κ2) is 15.5. The van der Waals surface area contributed by atoms with Gasteiger partial charge in [-0.2, -0.15) is 11.8 Å². The van der Waals surface area contributed by atoms with Crippen LogP contribution in [0.15, 0.2) is 30.5 Å². The van der Waals surface area contributed by atoms with Crippen LogP contribution in [0.5, 0.6) is 0 Å². The van der Waals surface area contributed by atoms with Gasteiger partial charge in [0.1, 0.15) is 18.1 Å². The fourth-order valence-electron chi connectivity index (χ4n) is 3.84. The van der Waals surface area contributed by atoms with Gasteiger partial charge >= 0.3 is 17.9 Å². The van der Waals surface area contributed by atoms with Crippen LogP contribution >= 0.6 is 11.8 Å². The van der Waals surface area contributed by atoms with Crippen LogP contribution in [0.3, 0.4) is 0 Å². The van der Waals surface area contributed by atoms with Gasteiger partial charge in [0, 0.05) is 29.9 Å². The minimum absolute atomic E-state index is 0.0331. The Hall–Kier alpha value is -4.11. The summed E-state index contributed by atoms with van der Waals surface area (Å²) in [5.41, 5.74) is 7.40. The van der Waals surface area contributed by atoms with Crippen molar-refractivity contribution in [1.82, 2.24) is 20.9 Å². The van der Waals surface area contributed by atoms with Gasteiger partial charge in [0.2, 0.25) is 17.7 Å². The summed E-state index contributed by atoms with van der Waals surface area (Å²) in [6.45, 7) is 0. The number of H-pyrrole nitrogens is 1. The molecule has 2 aromatic rings. The number of carboxylic acids is 3. The number of fused-ring (bicyclic) bond motifs is 1. The zero-order chi connectivity index (χ0) is 29.8. The molecule has 0 radical (unpaired) electrons. The van der Waals surface area contributed by atoms with E-state index in [1.54, 1.807) is 12.3 Å². The summed E-state index contributed by atoms with van der Waals surface area (Å²) in [7, 11) is 0. The van der Waals surface area contributed by atoms with Crippen LogP contribution in [0.1, 0.15) is 31.2 Å². The van der Waals surface area contributed by atoms with Gasteiger partial charge < -0.3 is 42.0 Å². The second-order valence-electron chi connectivity index (χ2n) is 9.00. The molecule has 0 saturated carbocycles. The molecule has 2 rings (SSSR count). The average Bonchev–Trinajstić information content (AvgIpc) is 3.30. The SMILES string of the molecule is CSCCC(N)C(=O)NC(Cc1c[nH]c2ccccc12)C(=O)NC(CC(=O)O)C(=O)NC(CCC(=O)O)C(=O)O. The summed E-state index contributed by atoms with van der Waals surface area (Å²) in [5, 5.41) is 35.2. The predicted octanol–water partition coefficient (Wildman–Crippen LogP) is -0.331. The summed E-state index contributed by atoms with van der Waals surface area (Å²) >= 11 is 1.49. The topological polar surface area (TPSA) is 241 Å². The van der Waals surface area contributed by atoms with Crippen molar-refractivity contribution < 1.29 is 44.1 Å². The molecule has 0 saturated heterocycles. The number of amides is 3. The van der Waals surface area contributed by atoms with Crippen molar-refractivity contribution in [1.29, 1.82) is 0 Å². The molecule has 1 aromatic carbocycles. The van der Waals surface area contributed by atoms with E-state index in [-0.39, 0.29) is 6.42 Å². The number of nitrogens with two attached hydrogens (primary N) is 1. The molecule has 1 heterocycles. The third-order valence-corrected chi connectivity index (χ3v) is 6.62. The lowest BCUT2D eigenvalue weighted by Gasteiger charge is -2.24. The Morgan fingerprint density at radius 3 is 2.12 bits per heavy atom. The molecule has 9 N–H and O–H groups in total. The normalized spacial score (nSPS) is 13.9. The molecular weight excluding hydrogens is 546 g/mol. The number of carboxylic acid groups (broad SMARTS) is 3. The first-order valence-corrected chi connectivity index (χ1v) is 13.7. The summed E-state index contributed by atoms with van der Waals surface area (Å²) in [6.07, 6.45) is 1.89. The van der Waals surface area contributed by atoms with E-state index in [0.717, 1.165) is 10.9 Å². The van der Waals surface area contributed by atoms with Crippen molar-refractivity contribution >= 4 is 58.3 Å². The number of carbonyl (C=O) groups excluding carboxylic acids is 3. The lowest BCUT2D eigenvalue weighted by molar-refractivity contribution is -0.144. The zero-order valence-corrected chi connectivity index (χ0v) is 22.5. The fourth-order valence-corrected chi connectivity index (χ4v) is 4.33. The van der Waals surface area contributed by atoms with Crippen LogP contribution in [-0.2, 0) is 35.2 Å². The summed E-state index contributed by atoms with van der Waals surface area (Å²) in [4.78, 5) is 75.8. The number of aromatic amines is 1. The molecule has 0 aliphatic carbocycles. The maximum atomic E-state index is 13.4. The maximum Gasteiger partial charge on any atom is 0.326 e. The van der Waals surface area contributed by atoms with Crippen LogP contribution < -0.4 is 21.7 Å². The van der Waals surface area contributed by atoms with E-state index in [2.05, 4.69) is 20.9 Å². The highest BCUT2D eigenvalue weighted by Gasteiger charge is 2.32. The van der Waals surface area contributed by atoms with Crippen molar-refractivity contribution in [3.63, 3.8) is 0 Å². The van der Waals surface area contributed by atoms with Gasteiger partial charge in [-0.3, -0.25) is 24.0 Å². The molecular formula is C25H33N5O9S. The summed E-state index contributed by atoms with van der Waals surface area (Å²) in [6, 6.07) is 1.70. The van der Waals surface area contributed by atoms with E-state index in [9.17, 15) is 39.0 Å². The first-order chi connectivity index (χ1) is 18.9. The van der Waals surface area contributed by atoms with Crippen molar-refractivity contribution in [2.75, 3.05) is 12.0 Å². The number of thioether (sulfide) groups is 1. The van der Waals surface area contributed by atoms with E-state index < -0.39 is 79.1 Å². The van der Waals surface area contributed by atoms with Gasteiger partial charge in [0.05, 0.1) is 12.5 Å². The van der Waals surface area contributed by atoms with Gasteiger partial charge in [-0.1, -0.05) is 18.2 Å². The van der Waals surface area contributed by atoms with Crippen LogP contribution in [0.25, 0.3) is 10.9 Å². The van der Waals surface area contributed by atoms with Crippen LogP contribution in [0, 0.1) is 0 Å². The van der Waals surface area contributed by atoms with E-state index in [1.165, 1.54) is 11.8 Å². The van der Waals surface area contributed by atoms with Crippen molar-refractivity contribution in [2.24, 2.45) is 5.73 Å². The smallest absolute Gasteiger partial charge is 0.326 e. The zero-order valence-electron chi connectivity index (χ0n) is 21.7. The van der Waals surface area contributed by atoms with E-state index in [0.29, 0.717) is 17.7 Å². The molecule has 3 amide bonds. The molecule has 14 nitrogen and oxygen atoms in total. The average molecular weight is 580 g/mol. The van der Waals surface area contributed by atoms with Crippen molar-refractivity contribution in [3.05, 3.63) is 36.0 Å². The highest BCUT2D eigenvalue weighted by Crippen LogP contribution is 2.19. The lowest BCUT2D eigenvalue weighted by Crippen LogP contribution is -2.58. The number of benzene rings is 1. The molecule has 15 heteroatoms. The number of aliphatic carboxylic acids is 3. The number of aromatic nitrogens is 1. The lowest BCUT2D eigenvalue weighted by atomic mass is 10.0. The van der Waals surface area contributed by atoms with Gasteiger partial charge in [-0.05, 0) is 36.5 Å². The van der Waals surface area contributed by atoms with Gasteiger partial charge in [0.25, 0.3) is 0 Å². The number of hydrogen-bond acceptors (Lipinski definition) is 8. The van der Waals surface area contributed by atoms with E-state index in [1.807, 2.05) is 24.5 Å². The third kappa shape index (κ3) is 9.89. The molecule has 0 bridgehead atoms. The second-order valence-corrected chi connectivity index (χ2v) is 9.99. The molecule has 4 unspecified atom stereocenters. The van der Waals surface area contributed by atoms with Gasteiger partial charge in [-0.15, -0.1) is 0 Å². The highest BCUT2D eigenvalue weighted by atomic mass is 32.2. The largest absolute Gasteiger partial charge is 0.481 e. The Morgan fingerprint density at radius 1 is 0.875 bits per heavy atom. The third-order valence-electron chi connectivity index (χ3n) is 5.97.